The van der Waals surface area contributed by atoms with E-state index in [1.807, 2.05) is 0 Å². The van der Waals surface area contributed by atoms with Gasteiger partial charge < -0.3 is 17.3 Å². The van der Waals surface area contributed by atoms with Crippen LogP contribution in [0.5, 0.6) is 0 Å². The van der Waals surface area contributed by atoms with Crippen molar-refractivity contribution in [1.29, 1.82) is 0 Å². The molecule has 0 N–H and O–H groups in total. The Labute approximate surface area is 338 Å². The van der Waals surface area contributed by atoms with Crippen molar-refractivity contribution in [3.8, 4) is 0 Å². The number of hydrogen-bond donors (Lipinski definition) is 0. The van der Waals surface area contributed by atoms with Gasteiger partial charge in [-0.15, -0.1) is 0 Å². The zero-order valence-electron chi connectivity index (χ0n) is 33.6. The van der Waals surface area contributed by atoms with Crippen LogP contribution in [0.3, 0.4) is 0 Å². The summed E-state index contributed by atoms with van der Waals surface area (Å²) in [7, 11) is 7.57. The van der Waals surface area contributed by atoms with E-state index in [-0.39, 0.29) is 36.0 Å². The number of halogens is 2. The molecule has 1 aliphatic heterocycles. The quantitative estimate of drug-likeness (QED) is 0.147. The Bertz CT molecular complexity index is 1950. The first kappa shape index (κ1) is 40.7. The molecule has 6 atom stereocenters. The van der Waals surface area contributed by atoms with Crippen LogP contribution in [0, 0.1) is 41.9 Å². The maximum atomic E-state index is 5.83. The summed E-state index contributed by atoms with van der Waals surface area (Å²) >= 11 is -0.556. The fourth-order valence-electron chi connectivity index (χ4n) is 10.7. The van der Waals surface area contributed by atoms with Crippen molar-refractivity contribution < 1.29 is 17.0 Å². The Morgan fingerprint density at radius 1 is 0.736 bits per heavy atom. The third kappa shape index (κ3) is 7.16. The molecule has 4 aliphatic carbocycles. The molecule has 5 unspecified atom stereocenters. The van der Waals surface area contributed by atoms with Crippen LogP contribution >= 0.6 is 18.6 Å². The zero-order chi connectivity index (χ0) is 37.4. The number of rotatable bonds is 3. The standard InChI is InChI=1S/C46H55N2Si.CH3.2ClH.Ti/c1-44(2,3)31-22-24-35-36-25-23-32(45(4,5)6)28-39(36)43(38(35)27-31)49(9,10)48-40-21-15-20-37(42(40)47-46(48,7)8)41-33-18-13-11-16-29(33)26-30-17-12-14-19-34(30)41;;;;/h11-28,35-36,38-40,42-43H,1-10H3;1H3;2*1H;/q2*-1;;;+2/p-2/t35?,36?,38?,39?,40-,42?,43?;;;;/m1..../s1. The Balaban J connectivity index is 0.00000116. The summed E-state index contributed by atoms with van der Waals surface area (Å²) in [6.07, 6.45) is 22.8. The molecule has 1 saturated carbocycles. The van der Waals surface area contributed by atoms with Gasteiger partial charge in [0.25, 0.3) is 0 Å². The number of allylic oxidation sites excluding steroid dienone is 10. The van der Waals surface area contributed by atoms with Gasteiger partial charge in [-0.25, -0.2) is 0 Å². The molecule has 53 heavy (non-hydrogen) atoms. The van der Waals surface area contributed by atoms with Gasteiger partial charge in [0.05, 0.1) is 0 Å². The summed E-state index contributed by atoms with van der Waals surface area (Å²) in [5.74, 6) is 2.13. The van der Waals surface area contributed by atoms with E-state index in [9.17, 15) is 0 Å². The number of hydrogen-bond acceptors (Lipinski definition) is 1. The molecular formula is C47H58Cl2N2SiTi-2. The van der Waals surface area contributed by atoms with Crippen molar-refractivity contribution in [3.05, 3.63) is 139 Å². The van der Waals surface area contributed by atoms with E-state index in [1.165, 1.54) is 43.8 Å². The van der Waals surface area contributed by atoms with E-state index >= 15 is 0 Å². The van der Waals surface area contributed by atoms with Gasteiger partial charge in [0.15, 0.2) is 0 Å². The molecule has 2 fully saturated rings. The van der Waals surface area contributed by atoms with E-state index in [1.54, 1.807) is 0 Å². The average Bonchev–Trinajstić information content (AvgIpc) is 3.57. The van der Waals surface area contributed by atoms with Gasteiger partial charge in [-0.1, -0.05) is 189 Å². The van der Waals surface area contributed by atoms with Crippen LogP contribution in [0.2, 0.25) is 18.6 Å². The fourth-order valence-corrected chi connectivity index (χ4v) is 16.0. The Morgan fingerprint density at radius 3 is 1.68 bits per heavy atom. The van der Waals surface area contributed by atoms with Gasteiger partial charge in [-0.3, -0.25) is 0 Å². The van der Waals surface area contributed by atoms with Crippen molar-refractivity contribution in [2.45, 2.75) is 91.8 Å². The van der Waals surface area contributed by atoms with E-state index < -0.39 is 25.3 Å². The summed E-state index contributed by atoms with van der Waals surface area (Å²) in [4.78, 5) is 0. The molecular weight excluding hydrogens is 739 g/mol. The van der Waals surface area contributed by atoms with Gasteiger partial charge >= 0.3 is 35.6 Å². The number of nitrogens with zero attached hydrogens (tertiary/aromatic N) is 2. The first-order valence-corrected chi connectivity index (χ1v) is 26.4. The fraction of sp³-hybridized carbons (Fsp3) is 0.426. The number of fused-ring (bicyclic) bond motifs is 6. The summed E-state index contributed by atoms with van der Waals surface area (Å²) < 4.78 is 2.97. The molecule has 3 aromatic carbocycles. The van der Waals surface area contributed by atoms with E-state index in [2.05, 4.69) is 182 Å². The summed E-state index contributed by atoms with van der Waals surface area (Å²) in [6.45, 7) is 24.5. The minimum absolute atomic E-state index is 0. The predicted molar refractivity (Wildman–Crippen MR) is 232 cm³/mol. The normalized spacial score (nSPS) is 28.9. The molecule has 0 aromatic heterocycles. The minimum atomic E-state index is -2.21. The molecule has 0 bridgehead atoms. The van der Waals surface area contributed by atoms with Crippen LogP contribution in [0.25, 0.3) is 32.4 Å². The van der Waals surface area contributed by atoms with Crippen LogP contribution in [0.4, 0.5) is 0 Å². The van der Waals surface area contributed by atoms with Crippen molar-refractivity contribution in [2.75, 3.05) is 0 Å². The molecule has 8 rings (SSSR count). The SMILES string of the molecule is CC(C)(C)C1=CC2C(C=C1)C1C=CC(C(C)(C)C)=CC1C2[Si](C)(C)N1[C@@H]2C=CC=C(c3c4ccccc4cc4ccccc34)C2[N-]C1(C)C.[CH3-].[Cl][Ti][Cl]. The molecule has 0 radical (unpaired) electrons. The van der Waals surface area contributed by atoms with Crippen LogP contribution in [-0.2, 0) is 17.0 Å². The van der Waals surface area contributed by atoms with Crippen molar-refractivity contribution in [2.24, 2.45) is 34.5 Å². The maximum absolute atomic E-state index is 5.83. The molecule has 2 nitrogen and oxygen atoms in total. The molecule has 1 saturated heterocycles. The second kappa shape index (κ2) is 14.9. The third-order valence-electron chi connectivity index (χ3n) is 12.7. The first-order chi connectivity index (χ1) is 24.5. The van der Waals surface area contributed by atoms with E-state index in [4.69, 9.17) is 23.9 Å². The Morgan fingerprint density at radius 2 is 1.21 bits per heavy atom. The molecule has 6 heteroatoms. The van der Waals surface area contributed by atoms with Crippen LogP contribution < -0.4 is 0 Å². The van der Waals surface area contributed by atoms with Crippen LogP contribution in [0.1, 0.15) is 61.0 Å². The Hall–Kier alpha value is -1.95. The summed E-state index contributed by atoms with van der Waals surface area (Å²) in [5.41, 5.74) is 6.29. The van der Waals surface area contributed by atoms with E-state index in [0.29, 0.717) is 29.2 Å². The number of benzene rings is 3. The monoisotopic (exact) mass is 796 g/mol. The molecule has 0 amide bonds. The topological polar surface area (TPSA) is 17.3 Å². The van der Waals surface area contributed by atoms with Gasteiger partial charge in [0, 0.05) is 6.04 Å². The molecule has 3 aromatic rings. The average molecular weight is 798 g/mol. The first-order valence-electron chi connectivity index (χ1n) is 19.1. The summed E-state index contributed by atoms with van der Waals surface area (Å²) in [5, 5.41) is 11.1. The second-order valence-corrected chi connectivity index (χ2v) is 25.7. The zero-order valence-corrected chi connectivity index (χ0v) is 37.7. The van der Waals surface area contributed by atoms with E-state index in [0.717, 1.165) is 0 Å². The van der Waals surface area contributed by atoms with Gasteiger partial charge in [-0.2, -0.15) is 0 Å². The second-order valence-electron chi connectivity index (χ2n) is 18.7. The van der Waals surface area contributed by atoms with Crippen LogP contribution in [0.15, 0.2) is 120 Å². The predicted octanol–water partition coefficient (Wildman–Crippen LogP) is 14.1. The molecule has 280 valence electrons. The molecule has 1 heterocycles. The molecule has 5 aliphatic rings. The van der Waals surface area contributed by atoms with Gasteiger partial charge in [0.2, 0.25) is 0 Å². The third-order valence-corrected chi connectivity index (χ3v) is 17.2. The summed E-state index contributed by atoms with van der Waals surface area (Å²) in [6, 6.07) is 20.6. The van der Waals surface area contributed by atoms with Crippen molar-refractivity contribution >= 4 is 54.0 Å². The van der Waals surface area contributed by atoms with Crippen molar-refractivity contribution in [1.82, 2.24) is 4.57 Å². The van der Waals surface area contributed by atoms with Gasteiger partial charge in [0.1, 0.15) is 8.24 Å². The van der Waals surface area contributed by atoms with Crippen LogP contribution in [-0.4, -0.2) is 30.5 Å². The Kier molecular flexibility index (Phi) is 11.4. The van der Waals surface area contributed by atoms with Crippen molar-refractivity contribution in [3.63, 3.8) is 0 Å². The van der Waals surface area contributed by atoms with Gasteiger partial charge in [-0.05, 0) is 84.4 Å². The molecule has 0 spiro atoms.